The molecule has 0 aliphatic carbocycles. The normalized spacial score (nSPS) is 16.2. The van der Waals surface area contributed by atoms with Gasteiger partial charge in [-0.3, -0.25) is 4.79 Å². The number of benzene rings is 1. The zero-order valence-electron chi connectivity index (χ0n) is 15.0. The van der Waals surface area contributed by atoms with Crippen LogP contribution in [0.5, 0.6) is 11.6 Å². The zero-order chi connectivity index (χ0) is 19.4. The van der Waals surface area contributed by atoms with Crippen molar-refractivity contribution in [3.05, 3.63) is 47.9 Å². The van der Waals surface area contributed by atoms with Gasteiger partial charge in [0.1, 0.15) is 0 Å². The minimum atomic E-state index is -4.51. The fourth-order valence-electron chi connectivity index (χ4n) is 2.70. The van der Waals surface area contributed by atoms with E-state index in [9.17, 15) is 22.4 Å². The number of pyridine rings is 1. The van der Waals surface area contributed by atoms with E-state index in [4.69, 9.17) is 4.74 Å². The van der Waals surface area contributed by atoms with E-state index in [0.717, 1.165) is 37.6 Å². The number of piperidine rings is 1. The smallest absolute Gasteiger partial charge is 0.417 e. The third-order valence-electron chi connectivity index (χ3n) is 4.15. The van der Waals surface area contributed by atoms with Crippen molar-refractivity contribution in [3.8, 4) is 11.6 Å². The van der Waals surface area contributed by atoms with Gasteiger partial charge in [0.15, 0.2) is 11.6 Å². The first-order chi connectivity index (χ1) is 12.8. The maximum absolute atomic E-state index is 14.2. The molecule has 1 atom stereocenters. The molecule has 1 fully saturated rings. The van der Waals surface area contributed by atoms with Crippen LogP contribution in [0.4, 0.5) is 23.2 Å². The maximum atomic E-state index is 14.2. The van der Waals surface area contributed by atoms with E-state index in [1.165, 1.54) is 12.1 Å². The number of alkyl halides is 3. The average Bonchev–Trinajstić information content (AvgIpc) is 2.64. The first-order valence-electron chi connectivity index (χ1n) is 8.35. The van der Waals surface area contributed by atoms with Gasteiger partial charge in [-0.2, -0.15) is 13.2 Å². The third-order valence-corrected chi connectivity index (χ3v) is 4.15. The Morgan fingerprint density at radius 2 is 1.97 bits per heavy atom. The van der Waals surface area contributed by atoms with E-state index >= 15 is 0 Å². The Labute approximate surface area is 177 Å². The maximum Gasteiger partial charge on any atom is 0.417 e. The van der Waals surface area contributed by atoms with E-state index < -0.39 is 17.6 Å². The highest BCUT2D eigenvalue weighted by Crippen LogP contribution is 2.31. The van der Waals surface area contributed by atoms with Gasteiger partial charge in [0, 0.05) is 30.6 Å². The van der Waals surface area contributed by atoms with Gasteiger partial charge in [0.05, 0.1) is 11.5 Å². The Kier molecular flexibility index (Phi) is 9.13. The molecule has 3 rings (SSSR count). The second kappa shape index (κ2) is 10.6. The van der Waals surface area contributed by atoms with Gasteiger partial charge in [-0.05, 0) is 37.6 Å². The number of rotatable bonds is 4. The van der Waals surface area contributed by atoms with Gasteiger partial charge in [-0.25, -0.2) is 9.37 Å². The Balaban J connectivity index is 0.00000210. The minimum Gasteiger partial charge on any atom is -0.436 e. The van der Waals surface area contributed by atoms with Crippen molar-refractivity contribution in [2.75, 3.05) is 18.4 Å². The molecule has 2 N–H and O–H groups in total. The first kappa shape index (κ1) is 24.9. The molecule has 0 spiro atoms. The third kappa shape index (κ3) is 6.73. The van der Waals surface area contributed by atoms with Gasteiger partial charge in [0.25, 0.3) is 0 Å². The molecule has 2 aromatic rings. The molecule has 2 heterocycles. The largest absolute Gasteiger partial charge is 0.436 e. The number of ether oxygens (including phenoxy) is 1. The highest BCUT2D eigenvalue weighted by Gasteiger charge is 2.30. The highest BCUT2D eigenvalue weighted by molar-refractivity contribution is 5.92. The van der Waals surface area contributed by atoms with Crippen LogP contribution in [0.3, 0.4) is 0 Å². The molecule has 160 valence electrons. The monoisotopic (exact) mass is 455 g/mol. The lowest BCUT2D eigenvalue weighted by Gasteiger charge is -2.22. The zero-order valence-corrected chi connectivity index (χ0v) is 16.6. The molecule has 0 radical (unpaired) electrons. The van der Waals surface area contributed by atoms with Crippen LogP contribution in [0.25, 0.3) is 0 Å². The Hall–Kier alpha value is -2.10. The predicted molar refractivity (Wildman–Crippen MR) is 104 cm³/mol. The molecule has 0 bridgehead atoms. The van der Waals surface area contributed by atoms with E-state index in [0.29, 0.717) is 12.7 Å². The molecule has 0 saturated carbocycles. The number of hydrogen-bond acceptors (Lipinski definition) is 4. The van der Waals surface area contributed by atoms with Crippen molar-refractivity contribution >= 4 is 36.4 Å². The number of amides is 1. The minimum absolute atomic E-state index is 0. The van der Waals surface area contributed by atoms with Crippen LogP contribution >= 0.6 is 24.8 Å². The first-order valence-corrected chi connectivity index (χ1v) is 8.35. The molecule has 1 aliphatic heterocycles. The summed E-state index contributed by atoms with van der Waals surface area (Å²) in [5.41, 5.74) is -0.651. The number of nitrogens with zero attached hydrogens (tertiary/aromatic N) is 1. The van der Waals surface area contributed by atoms with Crippen LogP contribution in [0.2, 0.25) is 0 Å². The molecular formula is C18H19Cl2F4N3O2. The van der Waals surface area contributed by atoms with Gasteiger partial charge in [-0.1, -0.05) is 0 Å². The predicted octanol–water partition coefficient (Wildman–Crippen LogP) is 4.81. The number of carbonyl (C=O) groups excluding carboxylic acids is 1. The topological polar surface area (TPSA) is 63.2 Å². The summed E-state index contributed by atoms with van der Waals surface area (Å²) in [5.74, 6) is -1.52. The van der Waals surface area contributed by atoms with Crippen LogP contribution in [-0.2, 0) is 11.0 Å². The van der Waals surface area contributed by atoms with Crippen molar-refractivity contribution < 1.29 is 27.1 Å². The summed E-state index contributed by atoms with van der Waals surface area (Å²) in [5, 5.41) is 5.78. The summed E-state index contributed by atoms with van der Waals surface area (Å²) >= 11 is 0. The lowest BCUT2D eigenvalue weighted by atomic mass is 9.99. The van der Waals surface area contributed by atoms with Crippen molar-refractivity contribution in [2.45, 2.75) is 19.0 Å². The molecule has 11 heteroatoms. The number of aromatic nitrogens is 1. The van der Waals surface area contributed by atoms with Crippen molar-refractivity contribution in [3.63, 3.8) is 0 Å². The SMILES string of the molecule is Cl.Cl.O=C(Nc1ccc(Oc2ccc(C(F)(F)F)cn2)c(F)c1)C1CCCNC1. The standard InChI is InChI=1S/C18H17F4N3O2.2ClH/c19-14-8-13(25-17(26)11-2-1-7-23-9-11)4-5-15(14)27-16-6-3-12(10-24-16)18(20,21)22;;/h3-6,8,10-11,23H,1-2,7,9H2,(H,25,26);2*1H. The van der Waals surface area contributed by atoms with Crippen molar-refractivity contribution in [1.82, 2.24) is 10.3 Å². The number of hydrogen-bond donors (Lipinski definition) is 2. The number of nitrogens with one attached hydrogen (secondary N) is 2. The molecule has 1 aromatic carbocycles. The van der Waals surface area contributed by atoms with Crippen LogP contribution in [0.15, 0.2) is 36.5 Å². The summed E-state index contributed by atoms with van der Waals surface area (Å²) in [7, 11) is 0. The van der Waals surface area contributed by atoms with E-state index in [2.05, 4.69) is 15.6 Å². The van der Waals surface area contributed by atoms with E-state index in [1.807, 2.05) is 0 Å². The molecule has 1 saturated heterocycles. The molecule has 1 aromatic heterocycles. The molecule has 1 unspecified atom stereocenters. The van der Waals surface area contributed by atoms with Crippen LogP contribution in [0.1, 0.15) is 18.4 Å². The Morgan fingerprint density at radius 1 is 1.21 bits per heavy atom. The van der Waals surface area contributed by atoms with Crippen LogP contribution < -0.4 is 15.4 Å². The van der Waals surface area contributed by atoms with Gasteiger partial charge in [0.2, 0.25) is 11.8 Å². The fraction of sp³-hybridized carbons (Fsp3) is 0.333. The number of halogens is 6. The summed E-state index contributed by atoms with van der Waals surface area (Å²) in [4.78, 5) is 15.7. The van der Waals surface area contributed by atoms with E-state index in [-0.39, 0.29) is 54.0 Å². The molecular weight excluding hydrogens is 437 g/mol. The Bertz CT molecular complexity index is 814. The fourth-order valence-corrected chi connectivity index (χ4v) is 2.70. The average molecular weight is 456 g/mol. The molecule has 1 aliphatic rings. The lowest BCUT2D eigenvalue weighted by molar-refractivity contribution is -0.137. The summed E-state index contributed by atoms with van der Waals surface area (Å²) in [6, 6.07) is 5.63. The summed E-state index contributed by atoms with van der Waals surface area (Å²) in [6.45, 7) is 1.46. The molecule has 1 amide bonds. The van der Waals surface area contributed by atoms with E-state index in [1.54, 1.807) is 0 Å². The number of carbonyl (C=O) groups is 1. The van der Waals surface area contributed by atoms with Crippen LogP contribution in [0, 0.1) is 11.7 Å². The highest BCUT2D eigenvalue weighted by atomic mass is 35.5. The van der Waals surface area contributed by atoms with Gasteiger partial charge < -0.3 is 15.4 Å². The Morgan fingerprint density at radius 3 is 2.52 bits per heavy atom. The quantitative estimate of drug-likeness (QED) is 0.649. The summed E-state index contributed by atoms with van der Waals surface area (Å²) in [6.07, 6.45) is -2.23. The van der Waals surface area contributed by atoms with Crippen molar-refractivity contribution in [1.29, 1.82) is 0 Å². The van der Waals surface area contributed by atoms with Crippen LogP contribution in [-0.4, -0.2) is 24.0 Å². The van der Waals surface area contributed by atoms with Crippen molar-refractivity contribution in [2.24, 2.45) is 5.92 Å². The second-order valence-electron chi connectivity index (χ2n) is 6.16. The second-order valence-corrected chi connectivity index (χ2v) is 6.16. The number of anilines is 1. The molecule has 5 nitrogen and oxygen atoms in total. The molecule has 29 heavy (non-hydrogen) atoms. The van der Waals surface area contributed by atoms with Gasteiger partial charge >= 0.3 is 6.18 Å². The van der Waals surface area contributed by atoms with Gasteiger partial charge in [-0.15, -0.1) is 24.8 Å². The lowest BCUT2D eigenvalue weighted by Crippen LogP contribution is -2.37. The summed E-state index contributed by atoms with van der Waals surface area (Å²) < 4.78 is 56.9.